The van der Waals surface area contributed by atoms with Crippen molar-refractivity contribution in [3.8, 4) is 0 Å². The zero-order chi connectivity index (χ0) is 17.8. The third-order valence-electron chi connectivity index (χ3n) is 4.38. The second-order valence-corrected chi connectivity index (χ2v) is 6.39. The number of piperidine rings is 1. The lowest BCUT2D eigenvalue weighted by molar-refractivity contribution is -0.127. The first kappa shape index (κ1) is 20.7. The van der Waals surface area contributed by atoms with Crippen LogP contribution in [0.1, 0.15) is 32.6 Å². The van der Waals surface area contributed by atoms with Crippen molar-refractivity contribution in [2.75, 3.05) is 60.5 Å². The summed E-state index contributed by atoms with van der Waals surface area (Å²) in [5.74, 6) is 0.664. The van der Waals surface area contributed by atoms with Crippen molar-refractivity contribution in [2.45, 2.75) is 38.6 Å². The molecule has 0 bridgehead atoms. The molecule has 0 aromatic carbocycles. The van der Waals surface area contributed by atoms with Gasteiger partial charge in [-0.2, -0.15) is 0 Å². The highest BCUT2D eigenvalue weighted by Gasteiger charge is 2.19. The zero-order valence-corrected chi connectivity index (χ0v) is 15.8. The first-order chi connectivity index (χ1) is 11.6. The Kier molecular flexibility index (Phi) is 10.4. The Morgan fingerprint density at radius 3 is 2.71 bits per heavy atom. The van der Waals surface area contributed by atoms with Gasteiger partial charge in [0.1, 0.15) is 6.54 Å². The standard InChI is InChI=1S/C17H35N5O2/c1-5-15-8-6-7-11-22(15)12-9-18-17(19-10-13-24-4)20-14-16(23)21(2)3/h15H,5-14H2,1-4H3,(H2,18,19,20). The van der Waals surface area contributed by atoms with E-state index in [1.165, 1.54) is 32.2 Å². The van der Waals surface area contributed by atoms with Crippen LogP contribution >= 0.6 is 0 Å². The number of carbonyl (C=O) groups excluding carboxylic acids is 1. The fourth-order valence-electron chi connectivity index (χ4n) is 2.87. The van der Waals surface area contributed by atoms with E-state index in [1.54, 1.807) is 26.1 Å². The maximum absolute atomic E-state index is 11.7. The summed E-state index contributed by atoms with van der Waals surface area (Å²) in [4.78, 5) is 20.2. The zero-order valence-electron chi connectivity index (χ0n) is 15.8. The molecular formula is C17H35N5O2. The van der Waals surface area contributed by atoms with Crippen LogP contribution in [0.15, 0.2) is 4.99 Å². The first-order valence-corrected chi connectivity index (χ1v) is 9.03. The molecule has 7 nitrogen and oxygen atoms in total. The maximum atomic E-state index is 11.7. The Hall–Kier alpha value is -1.34. The molecule has 1 aliphatic heterocycles. The van der Waals surface area contributed by atoms with Crippen LogP contribution < -0.4 is 10.6 Å². The first-order valence-electron chi connectivity index (χ1n) is 9.03. The molecule has 1 fully saturated rings. The number of ether oxygens (including phenoxy) is 1. The number of hydrogen-bond acceptors (Lipinski definition) is 4. The van der Waals surface area contributed by atoms with Crippen LogP contribution in [-0.2, 0) is 9.53 Å². The molecule has 140 valence electrons. The number of nitrogens with zero attached hydrogens (tertiary/aromatic N) is 3. The molecule has 1 saturated heterocycles. The number of amides is 1. The van der Waals surface area contributed by atoms with Crippen molar-refractivity contribution in [3.05, 3.63) is 0 Å². The van der Waals surface area contributed by atoms with Crippen molar-refractivity contribution in [3.63, 3.8) is 0 Å². The molecule has 1 amide bonds. The number of aliphatic imine (C=N–C) groups is 1. The van der Waals surface area contributed by atoms with Crippen LogP contribution in [0.4, 0.5) is 0 Å². The average molecular weight is 342 g/mol. The normalized spacial score (nSPS) is 19.2. The highest BCUT2D eigenvalue weighted by Crippen LogP contribution is 2.18. The summed E-state index contributed by atoms with van der Waals surface area (Å²) in [6.45, 7) is 6.70. The molecule has 1 unspecified atom stereocenters. The van der Waals surface area contributed by atoms with Gasteiger partial charge in [-0.3, -0.25) is 9.69 Å². The number of methoxy groups -OCH3 is 1. The topological polar surface area (TPSA) is 69.2 Å². The molecule has 1 aliphatic rings. The summed E-state index contributed by atoms with van der Waals surface area (Å²) in [5, 5.41) is 6.54. The van der Waals surface area contributed by atoms with E-state index in [4.69, 9.17) is 4.74 Å². The van der Waals surface area contributed by atoms with Gasteiger partial charge in [0.05, 0.1) is 6.61 Å². The van der Waals surface area contributed by atoms with E-state index in [9.17, 15) is 4.79 Å². The molecular weight excluding hydrogens is 306 g/mol. The Balaban J connectivity index is 2.44. The van der Waals surface area contributed by atoms with E-state index in [1.807, 2.05) is 0 Å². The molecule has 1 atom stereocenters. The number of guanidine groups is 1. The van der Waals surface area contributed by atoms with Gasteiger partial charge < -0.3 is 20.3 Å². The van der Waals surface area contributed by atoms with Crippen molar-refractivity contribution >= 4 is 11.9 Å². The van der Waals surface area contributed by atoms with Crippen molar-refractivity contribution in [2.24, 2.45) is 4.99 Å². The van der Waals surface area contributed by atoms with Crippen LogP contribution in [0.3, 0.4) is 0 Å². The van der Waals surface area contributed by atoms with Gasteiger partial charge >= 0.3 is 0 Å². The second kappa shape index (κ2) is 12.1. The molecule has 24 heavy (non-hydrogen) atoms. The molecule has 0 saturated carbocycles. The fourth-order valence-corrected chi connectivity index (χ4v) is 2.87. The monoisotopic (exact) mass is 341 g/mol. The predicted octanol–water partition coefficient (Wildman–Crippen LogP) is 0.521. The highest BCUT2D eigenvalue weighted by molar-refractivity contribution is 5.84. The minimum absolute atomic E-state index is 0.00933. The van der Waals surface area contributed by atoms with Crippen LogP contribution in [0, 0.1) is 0 Å². The van der Waals surface area contributed by atoms with Gasteiger partial charge in [-0.05, 0) is 25.8 Å². The molecule has 0 aromatic rings. The van der Waals surface area contributed by atoms with E-state index < -0.39 is 0 Å². The lowest BCUT2D eigenvalue weighted by Gasteiger charge is -2.35. The molecule has 0 spiro atoms. The molecule has 1 heterocycles. The van der Waals surface area contributed by atoms with E-state index in [0.29, 0.717) is 25.2 Å². The van der Waals surface area contributed by atoms with Crippen LogP contribution in [0.5, 0.6) is 0 Å². The van der Waals surface area contributed by atoms with E-state index in [-0.39, 0.29) is 12.5 Å². The van der Waals surface area contributed by atoms with E-state index in [0.717, 1.165) is 13.1 Å². The van der Waals surface area contributed by atoms with Gasteiger partial charge in [-0.25, -0.2) is 4.99 Å². The third-order valence-corrected chi connectivity index (χ3v) is 4.38. The molecule has 7 heteroatoms. The number of rotatable bonds is 9. The van der Waals surface area contributed by atoms with Gasteiger partial charge in [0.25, 0.3) is 0 Å². The van der Waals surface area contributed by atoms with Gasteiger partial charge in [0.15, 0.2) is 5.96 Å². The SMILES string of the molecule is CCC1CCCCN1CCNC(=NCC(=O)N(C)C)NCCOC. The number of likely N-dealkylation sites (N-methyl/N-ethyl adjacent to an activating group) is 1. The van der Waals surface area contributed by atoms with Gasteiger partial charge in [0, 0.05) is 46.9 Å². The number of likely N-dealkylation sites (tertiary alicyclic amines) is 1. The van der Waals surface area contributed by atoms with Gasteiger partial charge in [-0.15, -0.1) is 0 Å². The van der Waals surface area contributed by atoms with Gasteiger partial charge in [-0.1, -0.05) is 13.3 Å². The smallest absolute Gasteiger partial charge is 0.243 e. The summed E-state index contributed by atoms with van der Waals surface area (Å²) >= 11 is 0. The number of hydrogen-bond donors (Lipinski definition) is 2. The van der Waals surface area contributed by atoms with Crippen LogP contribution in [-0.4, -0.2) is 88.2 Å². The van der Waals surface area contributed by atoms with Crippen molar-refractivity contribution in [1.82, 2.24) is 20.4 Å². The summed E-state index contributed by atoms with van der Waals surface area (Å²) in [5.41, 5.74) is 0. The Morgan fingerprint density at radius 2 is 2.04 bits per heavy atom. The fraction of sp³-hybridized carbons (Fsp3) is 0.882. The Morgan fingerprint density at radius 1 is 1.29 bits per heavy atom. The second-order valence-electron chi connectivity index (χ2n) is 6.39. The molecule has 0 radical (unpaired) electrons. The lowest BCUT2D eigenvalue weighted by Crippen LogP contribution is -2.46. The largest absolute Gasteiger partial charge is 0.383 e. The molecule has 1 rings (SSSR count). The maximum Gasteiger partial charge on any atom is 0.243 e. The summed E-state index contributed by atoms with van der Waals surface area (Å²) in [6.07, 6.45) is 5.16. The quantitative estimate of drug-likeness (QED) is 0.364. The average Bonchev–Trinajstić information content (AvgIpc) is 2.59. The summed E-state index contributed by atoms with van der Waals surface area (Å²) in [6, 6.07) is 0.706. The number of carbonyl (C=O) groups is 1. The molecule has 0 aromatic heterocycles. The summed E-state index contributed by atoms with van der Waals surface area (Å²) < 4.78 is 5.06. The van der Waals surface area contributed by atoms with Crippen LogP contribution in [0.25, 0.3) is 0 Å². The number of nitrogens with one attached hydrogen (secondary N) is 2. The predicted molar refractivity (Wildman–Crippen MR) is 98.4 cm³/mol. The van der Waals surface area contributed by atoms with Crippen LogP contribution in [0.2, 0.25) is 0 Å². The summed E-state index contributed by atoms with van der Waals surface area (Å²) in [7, 11) is 5.15. The minimum Gasteiger partial charge on any atom is -0.383 e. The van der Waals surface area contributed by atoms with E-state index >= 15 is 0 Å². The van der Waals surface area contributed by atoms with Gasteiger partial charge in [0.2, 0.25) is 5.91 Å². The highest BCUT2D eigenvalue weighted by atomic mass is 16.5. The Bertz CT molecular complexity index is 387. The molecule has 2 N–H and O–H groups in total. The molecule has 0 aliphatic carbocycles. The third kappa shape index (κ3) is 7.97. The van der Waals surface area contributed by atoms with E-state index in [2.05, 4.69) is 27.4 Å². The minimum atomic E-state index is -0.00933. The lowest BCUT2D eigenvalue weighted by atomic mass is 10.0. The van der Waals surface area contributed by atoms with Crippen molar-refractivity contribution in [1.29, 1.82) is 0 Å². The Labute approximate surface area is 146 Å². The van der Waals surface area contributed by atoms with Crippen molar-refractivity contribution < 1.29 is 9.53 Å².